The van der Waals surface area contributed by atoms with Crippen LogP contribution in [0.15, 0.2) is 45.6 Å². The Balaban J connectivity index is 2.46. The number of benzene rings is 1. The molecule has 0 aliphatic heterocycles. The highest BCUT2D eigenvalue weighted by atomic mass is 35.5. The van der Waals surface area contributed by atoms with Crippen LogP contribution in [-0.2, 0) is 11.1 Å². The van der Waals surface area contributed by atoms with Gasteiger partial charge in [-0.2, -0.15) is 13.2 Å². The highest BCUT2D eigenvalue weighted by Gasteiger charge is 2.35. The first-order valence-corrected chi connectivity index (χ1v) is 8.61. The number of alkyl halides is 3. The van der Waals surface area contributed by atoms with Gasteiger partial charge in [-0.1, -0.05) is 23.7 Å². The summed E-state index contributed by atoms with van der Waals surface area (Å²) in [5, 5.41) is 7.41. The minimum Gasteiger partial charge on any atom is -0.768 e. The Hall–Kier alpha value is -1.55. The van der Waals surface area contributed by atoms with Crippen LogP contribution in [0.1, 0.15) is 11.3 Å². The van der Waals surface area contributed by atoms with Crippen molar-refractivity contribution >= 4 is 51.1 Å². The molecule has 1 heterocycles. The topological polar surface area (TPSA) is 76.3 Å². The first-order chi connectivity index (χ1) is 11.2. The lowest BCUT2D eigenvalue weighted by molar-refractivity contribution is -0.0605. The fourth-order valence-electron chi connectivity index (χ4n) is 1.70. The van der Waals surface area contributed by atoms with Gasteiger partial charge in [0.1, 0.15) is 5.71 Å². The average Bonchev–Trinajstić information content (AvgIpc) is 2.97. The van der Waals surface area contributed by atoms with Crippen molar-refractivity contribution in [3.63, 3.8) is 0 Å². The third kappa shape index (κ3) is 4.73. The molecule has 2 aromatic rings. The number of hydrogen-bond donors (Lipinski definition) is 1. The zero-order valence-corrected chi connectivity index (χ0v) is 14.2. The van der Waals surface area contributed by atoms with E-state index in [9.17, 15) is 21.9 Å². The molecule has 0 aliphatic carbocycles. The fourth-order valence-corrected chi connectivity index (χ4v) is 3.33. The summed E-state index contributed by atoms with van der Waals surface area (Å²) in [7, 11) is 0. The Morgan fingerprint density at radius 1 is 1.29 bits per heavy atom. The standard InChI is InChI=1S/C14H10ClF3N2O2S2/c15-8-3-1-2-4-9(8)20-10(7-12(19)14(16,17)18)11-5-6-13(23-11)24(21)22/h1-6,19H,7H2,(H,21,22)/p-1. The van der Waals surface area contributed by atoms with Crippen molar-refractivity contribution in [2.75, 3.05) is 0 Å². The SMILES string of the molecule is N=C(CC(=Nc1ccccc1Cl)c1ccc(S(=O)[O-])s1)C(F)(F)F. The zero-order chi connectivity index (χ0) is 17.9. The lowest BCUT2D eigenvalue weighted by Crippen LogP contribution is -2.24. The lowest BCUT2D eigenvalue weighted by Gasteiger charge is -2.10. The van der Waals surface area contributed by atoms with Crippen LogP contribution in [0.4, 0.5) is 18.9 Å². The molecule has 0 saturated heterocycles. The van der Waals surface area contributed by atoms with Crippen molar-refractivity contribution in [2.24, 2.45) is 4.99 Å². The second-order valence-corrected chi connectivity index (χ2v) is 7.18. The summed E-state index contributed by atoms with van der Waals surface area (Å²) >= 11 is 4.24. The number of rotatable bonds is 5. The predicted octanol–water partition coefficient (Wildman–Crippen LogP) is 4.73. The average molecular weight is 394 g/mol. The van der Waals surface area contributed by atoms with Gasteiger partial charge in [-0.25, -0.2) is 0 Å². The van der Waals surface area contributed by atoms with Gasteiger partial charge in [-0.3, -0.25) is 9.20 Å². The van der Waals surface area contributed by atoms with E-state index in [4.69, 9.17) is 17.0 Å². The summed E-state index contributed by atoms with van der Waals surface area (Å²) in [5.41, 5.74) is -1.32. The van der Waals surface area contributed by atoms with Gasteiger partial charge in [0, 0.05) is 6.42 Å². The van der Waals surface area contributed by atoms with E-state index >= 15 is 0 Å². The molecule has 0 spiro atoms. The number of halogens is 4. The third-order valence-electron chi connectivity index (χ3n) is 2.82. The van der Waals surface area contributed by atoms with E-state index in [1.165, 1.54) is 24.3 Å². The van der Waals surface area contributed by atoms with Crippen LogP contribution < -0.4 is 0 Å². The van der Waals surface area contributed by atoms with Crippen LogP contribution in [0, 0.1) is 5.41 Å². The summed E-state index contributed by atoms with van der Waals surface area (Å²) in [6.07, 6.45) is -5.58. The molecule has 4 nitrogen and oxygen atoms in total. The number of thiophene rings is 1. The molecular weight excluding hydrogens is 385 g/mol. The molecule has 0 bridgehead atoms. The lowest BCUT2D eigenvalue weighted by atomic mass is 10.1. The predicted molar refractivity (Wildman–Crippen MR) is 87.6 cm³/mol. The zero-order valence-electron chi connectivity index (χ0n) is 11.8. The molecule has 128 valence electrons. The molecule has 2 rings (SSSR count). The number of aliphatic imine (C=N–C) groups is 1. The Labute approximate surface area is 146 Å². The van der Waals surface area contributed by atoms with Crippen LogP contribution in [0.3, 0.4) is 0 Å². The fraction of sp³-hybridized carbons (Fsp3) is 0.143. The summed E-state index contributed by atoms with van der Waals surface area (Å²) in [6, 6.07) is 8.92. The number of nitrogens with one attached hydrogen (secondary N) is 1. The highest BCUT2D eigenvalue weighted by molar-refractivity contribution is 7.81. The van der Waals surface area contributed by atoms with Crippen LogP contribution in [0.5, 0.6) is 0 Å². The third-order valence-corrected chi connectivity index (χ3v) is 5.20. The maximum atomic E-state index is 12.7. The quantitative estimate of drug-likeness (QED) is 0.588. The van der Waals surface area contributed by atoms with Gasteiger partial charge < -0.3 is 9.96 Å². The van der Waals surface area contributed by atoms with Crippen LogP contribution in [-0.4, -0.2) is 26.4 Å². The van der Waals surface area contributed by atoms with Crippen molar-refractivity contribution < 1.29 is 21.9 Å². The minimum atomic E-state index is -4.79. The van der Waals surface area contributed by atoms with Crippen LogP contribution in [0.2, 0.25) is 5.02 Å². The molecule has 1 aromatic heterocycles. The van der Waals surface area contributed by atoms with Gasteiger partial charge in [0.15, 0.2) is 0 Å². The molecule has 1 atom stereocenters. The van der Waals surface area contributed by atoms with Crippen molar-refractivity contribution in [2.45, 2.75) is 16.8 Å². The van der Waals surface area contributed by atoms with Crippen LogP contribution in [0.25, 0.3) is 0 Å². The highest BCUT2D eigenvalue weighted by Crippen LogP contribution is 2.29. The van der Waals surface area contributed by atoms with E-state index in [0.29, 0.717) is 0 Å². The molecular formula is C14H9ClF3N2O2S2-. The largest absolute Gasteiger partial charge is 0.768 e. The first kappa shape index (κ1) is 18.8. The van der Waals surface area contributed by atoms with Crippen LogP contribution >= 0.6 is 22.9 Å². The summed E-state index contributed by atoms with van der Waals surface area (Å²) in [6.45, 7) is 0. The normalized spacial score (nSPS) is 13.8. The Morgan fingerprint density at radius 2 is 1.96 bits per heavy atom. The van der Waals surface area contributed by atoms with E-state index in [0.717, 1.165) is 11.3 Å². The molecule has 24 heavy (non-hydrogen) atoms. The molecule has 1 N–H and O–H groups in total. The Kier molecular flexibility index (Phi) is 5.92. The van der Waals surface area contributed by atoms with Crippen molar-refractivity contribution in [3.05, 3.63) is 46.3 Å². The number of hydrogen-bond acceptors (Lipinski definition) is 5. The van der Waals surface area contributed by atoms with Gasteiger partial charge in [-0.05, 0) is 35.3 Å². The van der Waals surface area contributed by atoms with Gasteiger partial charge >= 0.3 is 6.18 Å². The van der Waals surface area contributed by atoms with Crippen molar-refractivity contribution in [1.82, 2.24) is 0 Å². The van der Waals surface area contributed by atoms with E-state index in [2.05, 4.69) is 4.99 Å². The molecule has 0 aliphatic rings. The molecule has 0 fully saturated rings. The van der Waals surface area contributed by atoms with E-state index in [1.54, 1.807) is 12.1 Å². The van der Waals surface area contributed by atoms with Gasteiger partial charge in [0.2, 0.25) is 0 Å². The Morgan fingerprint density at radius 3 is 2.50 bits per heavy atom. The van der Waals surface area contributed by atoms with Gasteiger partial charge in [0.05, 0.1) is 25.5 Å². The van der Waals surface area contributed by atoms with E-state index in [-0.39, 0.29) is 25.5 Å². The number of para-hydroxylation sites is 1. The van der Waals surface area contributed by atoms with E-state index in [1.807, 2.05) is 0 Å². The first-order valence-electron chi connectivity index (χ1n) is 6.34. The molecule has 10 heteroatoms. The summed E-state index contributed by atoms with van der Waals surface area (Å²) in [4.78, 5) is 4.33. The summed E-state index contributed by atoms with van der Waals surface area (Å²) < 4.78 is 59.9. The molecule has 1 aromatic carbocycles. The van der Waals surface area contributed by atoms with Crippen molar-refractivity contribution in [3.8, 4) is 0 Å². The second kappa shape index (κ2) is 7.56. The Bertz CT molecular complexity index is 818. The smallest absolute Gasteiger partial charge is 0.429 e. The second-order valence-electron chi connectivity index (χ2n) is 4.52. The maximum absolute atomic E-state index is 12.7. The monoisotopic (exact) mass is 393 g/mol. The molecule has 1 unspecified atom stereocenters. The minimum absolute atomic E-state index is 0.0320. The maximum Gasteiger partial charge on any atom is 0.429 e. The van der Waals surface area contributed by atoms with Gasteiger partial charge in [0.25, 0.3) is 0 Å². The van der Waals surface area contributed by atoms with Crippen molar-refractivity contribution in [1.29, 1.82) is 5.41 Å². The molecule has 0 saturated carbocycles. The molecule has 0 radical (unpaired) electrons. The molecule has 0 amide bonds. The van der Waals surface area contributed by atoms with E-state index < -0.39 is 29.4 Å². The van der Waals surface area contributed by atoms with Gasteiger partial charge in [-0.15, -0.1) is 11.3 Å². The summed E-state index contributed by atoms with van der Waals surface area (Å²) in [5.74, 6) is 0. The number of nitrogens with zero attached hydrogens (tertiary/aromatic N) is 1.